The average Bonchev–Trinajstić information content (AvgIpc) is 3.56. The summed E-state index contributed by atoms with van der Waals surface area (Å²) in [6.07, 6.45) is 0.537. The molecule has 260 valence electrons. The minimum atomic E-state index is -5.29. The van der Waals surface area contributed by atoms with Gasteiger partial charge in [-0.2, -0.15) is 9.35 Å². The average molecular weight is 714 g/mol. The van der Waals surface area contributed by atoms with Gasteiger partial charge in [-0.1, -0.05) is 5.16 Å². The summed E-state index contributed by atoms with van der Waals surface area (Å²) in [4.78, 5) is 46.7. The zero-order valence-corrected chi connectivity index (χ0v) is 27.3. The number of aromatic nitrogens is 3. The molecule has 1 aromatic carbocycles. The van der Waals surface area contributed by atoms with Crippen molar-refractivity contribution in [2.75, 3.05) is 24.6 Å². The number of carbonyl (C=O) groups is 3. The van der Waals surface area contributed by atoms with Crippen molar-refractivity contribution < 1.29 is 55.4 Å². The number of nitrogens with one attached hydrogen (secondary N) is 1. The molecule has 8 N–H and O–H groups in total. The standard InChI is InChI=1S/C26H32FN9O10S2/c1-26(2)20(23(38)36(26)46-48(41,42)43)32-22(37)19(17-12-47-25(30)31-17)33-45-18(24(39)40)11-44-13-5-6-14(16(27)9-13)15-10-35(8-4-7-28)34(3)21(15)29/h5-6,9-10,12,18,20,29H,4,7-8,11,28H2,1-3H3,(H5,30,31,32,37,39,40,41,42,43)/b33-19-/t18-,20+/m0/s1. The summed E-state index contributed by atoms with van der Waals surface area (Å²) < 4.78 is 61.2. The van der Waals surface area contributed by atoms with E-state index in [0.717, 1.165) is 17.4 Å². The van der Waals surface area contributed by atoms with Crippen molar-refractivity contribution in [3.8, 4) is 16.9 Å². The van der Waals surface area contributed by atoms with Crippen LogP contribution in [-0.2, 0) is 47.5 Å². The summed E-state index contributed by atoms with van der Waals surface area (Å²) in [5.74, 6) is -4.17. The maximum absolute atomic E-state index is 15.2. The number of oxime groups is 1. The van der Waals surface area contributed by atoms with Crippen molar-refractivity contribution in [2.24, 2.45) is 17.9 Å². The molecule has 2 amide bonds. The minimum Gasteiger partial charge on any atom is -0.724 e. The molecule has 0 radical (unpaired) electrons. The number of rotatable bonds is 15. The molecule has 3 heterocycles. The van der Waals surface area contributed by atoms with Gasteiger partial charge in [0.05, 0.1) is 18.2 Å². The highest BCUT2D eigenvalue weighted by atomic mass is 32.3. The summed E-state index contributed by atoms with van der Waals surface area (Å²) in [6, 6.07) is 2.45. The van der Waals surface area contributed by atoms with Gasteiger partial charge in [-0.15, -0.1) is 20.7 Å². The van der Waals surface area contributed by atoms with Crippen LogP contribution in [0, 0.1) is 5.82 Å². The second kappa shape index (κ2) is 14.1. The van der Waals surface area contributed by atoms with Crippen LogP contribution in [-0.4, -0.2) is 87.1 Å². The predicted molar refractivity (Wildman–Crippen MR) is 164 cm³/mol. The van der Waals surface area contributed by atoms with Gasteiger partial charge in [0.25, 0.3) is 17.9 Å². The summed E-state index contributed by atoms with van der Waals surface area (Å²) >= 11 is 0.913. The lowest BCUT2D eigenvalue weighted by Gasteiger charge is -2.51. The molecule has 0 aliphatic carbocycles. The molecule has 1 fully saturated rings. The first-order valence-corrected chi connectivity index (χ1v) is 16.1. The van der Waals surface area contributed by atoms with E-state index in [0.29, 0.717) is 30.9 Å². The van der Waals surface area contributed by atoms with Crippen LogP contribution in [0.3, 0.4) is 0 Å². The van der Waals surface area contributed by atoms with Gasteiger partial charge in [0.15, 0.2) is 23.2 Å². The number of nitrogen functional groups attached to an aromatic ring is 2. The first-order chi connectivity index (χ1) is 22.4. The molecular weight excluding hydrogens is 681 g/mol. The van der Waals surface area contributed by atoms with Crippen LogP contribution >= 0.6 is 11.3 Å². The third kappa shape index (κ3) is 7.79. The largest absolute Gasteiger partial charge is 0.724 e. The lowest BCUT2D eigenvalue weighted by molar-refractivity contribution is -0.772. The Morgan fingerprint density at radius 1 is 1.31 bits per heavy atom. The number of ether oxygens (including phenoxy) is 1. The number of anilines is 2. The Bertz CT molecular complexity index is 1860. The number of carboxylic acids is 1. The van der Waals surface area contributed by atoms with Crippen LogP contribution in [0.15, 0.2) is 34.9 Å². The number of β-lactam (4-membered cyclic amide) rings is 1. The van der Waals surface area contributed by atoms with Gasteiger partial charge in [0.1, 0.15) is 29.9 Å². The number of hydrogen-bond acceptors (Lipinski definition) is 15. The fraction of sp³-hybridized carbons (Fsp3) is 0.385. The summed E-state index contributed by atoms with van der Waals surface area (Å²) in [7, 11) is -3.57. The molecule has 3 aromatic rings. The molecule has 1 saturated heterocycles. The maximum Gasteiger partial charge on any atom is 0.351 e. The van der Waals surface area contributed by atoms with E-state index in [1.807, 2.05) is 0 Å². The van der Waals surface area contributed by atoms with Crippen molar-refractivity contribution >= 4 is 56.2 Å². The van der Waals surface area contributed by atoms with Gasteiger partial charge in [0, 0.05) is 23.4 Å². The molecule has 0 bridgehead atoms. The van der Waals surface area contributed by atoms with E-state index in [1.165, 1.54) is 31.4 Å². The Morgan fingerprint density at radius 2 is 2.02 bits per heavy atom. The van der Waals surface area contributed by atoms with E-state index < -0.39 is 64.0 Å². The van der Waals surface area contributed by atoms with Gasteiger partial charge in [0.2, 0.25) is 16.6 Å². The van der Waals surface area contributed by atoms with Gasteiger partial charge < -0.3 is 41.8 Å². The molecule has 1 aliphatic heterocycles. The van der Waals surface area contributed by atoms with Crippen LogP contribution in [0.25, 0.3) is 11.1 Å². The number of nitrogens with zero attached hydrogens (tertiary/aromatic N) is 5. The molecule has 48 heavy (non-hydrogen) atoms. The summed E-state index contributed by atoms with van der Waals surface area (Å²) in [5.41, 5.74) is 15.8. The summed E-state index contributed by atoms with van der Waals surface area (Å²) in [6.45, 7) is 2.95. The van der Waals surface area contributed by atoms with Crippen LogP contribution in [0.5, 0.6) is 5.75 Å². The van der Waals surface area contributed by atoms with Crippen LogP contribution in [0.2, 0.25) is 0 Å². The highest BCUT2D eigenvalue weighted by molar-refractivity contribution is 7.80. The molecular formula is C26H32FN9O10S2. The molecule has 2 aromatic heterocycles. The number of carbonyl (C=O) groups excluding carboxylic acids is 2. The normalized spacial score (nSPS) is 16.7. The molecule has 0 spiro atoms. The summed E-state index contributed by atoms with van der Waals surface area (Å²) in [5, 5.41) is 17.3. The van der Waals surface area contributed by atoms with Crippen molar-refractivity contribution in [3.63, 3.8) is 0 Å². The SMILES string of the molecule is Cn1c(N)c(-c2ccc(OC[C@H](O/N=C(\C(=O)N[C@@H]3C(=O)N(OS(=O)(=O)[O-])C3(C)C)c3csc(N)n3)C(=O)O)cc2F)c[n+]1CCCN. The molecule has 22 heteroatoms. The van der Waals surface area contributed by atoms with E-state index in [4.69, 9.17) is 26.8 Å². The molecule has 0 saturated carbocycles. The number of amides is 2. The zero-order valence-electron chi connectivity index (χ0n) is 25.7. The van der Waals surface area contributed by atoms with Gasteiger partial charge in [-0.05, 0) is 32.5 Å². The Labute approximate surface area is 276 Å². The molecule has 4 rings (SSSR count). The fourth-order valence-corrected chi connectivity index (χ4v) is 5.54. The number of aliphatic carboxylic acids is 1. The van der Waals surface area contributed by atoms with E-state index in [9.17, 15) is 32.5 Å². The monoisotopic (exact) mass is 713 g/mol. The van der Waals surface area contributed by atoms with Crippen LogP contribution < -0.4 is 31.9 Å². The zero-order chi connectivity index (χ0) is 35.6. The highest BCUT2D eigenvalue weighted by Gasteiger charge is 2.57. The van der Waals surface area contributed by atoms with Crippen molar-refractivity contribution in [2.45, 2.75) is 44.5 Å². The number of hydroxylamine groups is 2. The van der Waals surface area contributed by atoms with Crippen LogP contribution in [0.4, 0.5) is 15.3 Å². The number of benzene rings is 1. The van der Waals surface area contributed by atoms with E-state index in [2.05, 4.69) is 19.7 Å². The third-order valence-electron chi connectivity index (χ3n) is 7.16. The Balaban J connectivity index is 1.49. The molecule has 19 nitrogen and oxygen atoms in total. The number of hydrogen-bond donors (Lipinski definition) is 5. The Hall–Kier alpha value is -4.90. The van der Waals surface area contributed by atoms with E-state index in [1.54, 1.807) is 22.6 Å². The maximum atomic E-state index is 15.2. The highest BCUT2D eigenvalue weighted by Crippen LogP contribution is 2.33. The van der Waals surface area contributed by atoms with Gasteiger partial charge >= 0.3 is 5.97 Å². The minimum absolute atomic E-state index is 0.0111. The number of thiazole rings is 1. The van der Waals surface area contributed by atoms with E-state index in [-0.39, 0.29) is 27.2 Å². The number of halogens is 1. The molecule has 0 unspecified atom stereocenters. The fourth-order valence-electron chi connectivity index (χ4n) is 4.55. The van der Waals surface area contributed by atoms with Crippen molar-refractivity contribution in [1.82, 2.24) is 20.0 Å². The van der Waals surface area contributed by atoms with Crippen molar-refractivity contribution in [1.29, 1.82) is 0 Å². The first-order valence-electron chi connectivity index (χ1n) is 13.9. The topological polar surface area (TPSA) is 284 Å². The van der Waals surface area contributed by atoms with E-state index >= 15 is 4.39 Å². The first kappa shape index (κ1) is 35.9. The van der Waals surface area contributed by atoms with Crippen LogP contribution in [0.1, 0.15) is 26.0 Å². The lowest BCUT2D eigenvalue weighted by atomic mass is 9.84. The smallest absolute Gasteiger partial charge is 0.351 e. The number of nitrogens with two attached hydrogens (primary N) is 3. The predicted octanol–water partition coefficient (Wildman–Crippen LogP) is -1.16. The molecule has 1 aliphatic rings. The van der Waals surface area contributed by atoms with Gasteiger partial charge in [-0.3, -0.25) is 9.59 Å². The number of carboxylic acid groups (broad SMARTS) is 1. The lowest BCUT2D eigenvalue weighted by Crippen LogP contribution is -2.76. The number of aryl methyl sites for hydroxylation is 1. The van der Waals surface area contributed by atoms with Gasteiger partial charge in [-0.25, -0.2) is 22.6 Å². The second-order valence-corrected chi connectivity index (χ2v) is 12.7. The Kier molecular flexibility index (Phi) is 10.5. The van der Waals surface area contributed by atoms with Crippen molar-refractivity contribution in [3.05, 3.63) is 41.3 Å². The third-order valence-corrected chi connectivity index (χ3v) is 8.16. The Morgan fingerprint density at radius 3 is 2.58 bits per heavy atom. The molecule has 2 atom stereocenters. The second-order valence-electron chi connectivity index (χ2n) is 10.8. The quantitative estimate of drug-likeness (QED) is 0.0310.